The van der Waals surface area contributed by atoms with Crippen LogP contribution in [-0.2, 0) is 11.3 Å². The molecule has 0 saturated heterocycles. The fourth-order valence-corrected chi connectivity index (χ4v) is 4.42. The van der Waals surface area contributed by atoms with Gasteiger partial charge in [-0.1, -0.05) is 35.2 Å². The highest BCUT2D eigenvalue weighted by molar-refractivity contribution is 7.99. The Bertz CT molecular complexity index is 1280. The van der Waals surface area contributed by atoms with Gasteiger partial charge in [-0.15, -0.1) is 20.4 Å². The summed E-state index contributed by atoms with van der Waals surface area (Å²) < 4.78 is 15.1. The summed E-state index contributed by atoms with van der Waals surface area (Å²) in [5.41, 5.74) is 2.13. The fourth-order valence-electron chi connectivity index (χ4n) is 2.86. The van der Waals surface area contributed by atoms with Crippen LogP contribution >= 0.6 is 23.1 Å². The Hall–Kier alpha value is -3.62. The molecule has 2 aromatic heterocycles. The van der Waals surface area contributed by atoms with Crippen molar-refractivity contribution in [2.45, 2.75) is 18.6 Å². The molecule has 160 valence electrons. The third kappa shape index (κ3) is 4.82. The van der Waals surface area contributed by atoms with Crippen molar-refractivity contribution in [3.05, 3.63) is 59.9 Å². The van der Waals surface area contributed by atoms with Gasteiger partial charge >= 0.3 is 0 Å². The first-order valence-corrected chi connectivity index (χ1v) is 11.3. The van der Waals surface area contributed by atoms with Crippen LogP contribution in [0.25, 0.3) is 22.0 Å². The monoisotopic (exact) mass is 465 g/mol. The van der Waals surface area contributed by atoms with Crippen molar-refractivity contribution in [2.24, 2.45) is 0 Å². The van der Waals surface area contributed by atoms with Crippen LogP contribution in [-0.4, -0.2) is 36.6 Å². The van der Waals surface area contributed by atoms with Crippen LogP contribution in [0, 0.1) is 17.1 Å². The molecule has 0 aliphatic carbocycles. The Labute approximate surface area is 191 Å². The van der Waals surface area contributed by atoms with Crippen molar-refractivity contribution in [3.8, 4) is 28.0 Å². The number of aromatic nitrogens is 5. The SMILES string of the molecule is CCn1c(SCC(=O)Nc2nnc(-c3ccc(C#N)cc3)s2)nnc1-c1ccc(F)cc1. The van der Waals surface area contributed by atoms with Crippen LogP contribution in [0.15, 0.2) is 53.7 Å². The molecule has 0 atom stereocenters. The third-order valence-electron chi connectivity index (χ3n) is 4.40. The van der Waals surface area contributed by atoms with Gasteiger partial charge in [-0.3, -0.25) is 10.1 Å². The van der Waals surface area contributed by atoms with Gasteiger partial charge in [0.25, 0.3) is 0 Å². The fraction of sp³-hybridized carbons (Fsp3) is 0.143. The van der Waals surface area contributed by atoms with Gasteiger partial charge in [-0.2, -0.15) is 5.26 Å². The second-order valence-corrected chi connectivity index (χ2v) is 8.42. The molecule has 0 spiro atoms. The number of thioether (sulfide) groups is 1. The predicted molar refractivity (Wildman–Crippen MR) is 121 cm³/mol. The van der Waals surface area contributed by atoms with E-state index in [0.717, 1.165) is 11.1 Å². The summed E-state index contributed by atoms with van der Waals surface area (Å²) in [6.07, 6.45) is 0. The number of rotatable bonds is 7. The third-order valence-corrected chi connectivity index (χ3v) is 6.25. The minimum atomic E-state index is -0.318. The topological polar surface area (TPSA) is 109 Å². The molecule has 0 unspecified atom stereocenters. The number of nitrogens with zero attached hydrogens (tertiary/aromatic N) is 6. The summed E-state index contributed by atoms with van der Waals surface area (Å²) >= 11 is 2.50. The molecule has 1 amide bonds. The van der Waals surface area contributed by atoms with Crippen molar-refractivity contribution in [3.63, 3.8) is 0 Å². The Kier molecular flexibility index (Phi) is 6.53. The highest BCUT2D eigenvalue weighted by atomic mass is 32.2. The smallest absolute Gasteiger partial charge is 0.236 e. The number of nitrogens with one attached hydrogen (secondary N) is 1. The van der Waals surface area contributed by atoms with Gasteiger partial charge in [0.05, 0.1) is 17.4 Å². The lowest BCUT2D eigenvalue weighted by atomic mass is 10.2. The minimum absolute atomic E-state index is 0.118. The summed E-state index contributed by atoms with van der Waals surface area (Å²) in [7, 11) is 0. The van der Waals surface area contributed by atoms with Crippen LogP contribution in [0.4, 0.5) is 9.52 Å². The van der Waals surface area contributed by atoms with Crippen LogP contribution in [0.1, 0.15) is 12.5 Å². The second kappa shape index (κ2) is 9.67. The maximum absolute atomic E-state index is 13.2. The van der Waals surface area contributed by atoms with Crippen molar-refractivity contribution in [2.75, 3.05) is 11.1 Å². The molecule has 32 heavy (non-hydrogen) atoms. The minimum Gasteiger partial charge on any atom is -0.302 e. The molecular weight excluding hydrogens is 449 g/mol. The Morgan fingerprint density at radius 2 is 1.81 bits per heavy atom. The van der Waals surface area contributed by atoms with E-state index in [1.165, 1.54) is 35.2 Å². The number of benzene rings is 2. The number of carbonyl (C=O) groups excluding carboxylic acids is 1. The Balaban J connectivity index is 1.39. The van der Waals surface area contributed by atoms with Gasteiger partial charge < -0.3 is 4.57 Å². The van der Waals surface area contributed by atoms with E-state index in [0.29, 0.717) is 33.2 Å². The van der Waals surface area contributed by atoms with Crippen molar-refractivity contribution >= 4 is 34.1 Å². The van der Waals surface area contributed by atoms with Crippen molar-refractivity contribution in [1.29, 1.82) is 5.26 Å². The Morgan fingerprint density at radius 1 is 1.09 bits per heavy atom. The summed E-state index contributed by atoms with van der Waals surface area (Å²) in [5, 5.41) is 29.7. The number of halogens is 1. The van der Waals surface area contributed by atoms with Gasteiger partial charge in [-0.25, -0.2) is 4.39 Å². The molecule has 4 aromatic rings. The molecule has 2 aromatic carbocycles. The number of amides is 1. The van der Waals surface area contributed by atoms with E-state index in [4.69, 9.17) is 5.26 Å². The lowest BCUT2D eigenvalue weighted by Crippen LogP contribution is -2.14. The second-order valence-electron chi connectivity index (χ2n) is 6.50. The van der Waals surface area contributed by atoms with Gasteiger partial charge in [0.1, 0.15) is 10.8 Å². The maximum Gasteiger partial charge on any atom is 0.236 e. The molecule has 0 radical (unpaired) electrons. The van der Waals surface area contributed by atoms with E-state index in [1.807, 2.05) is 11.5 Å². The first-order valence-electron chi connectivity index (χ1n) is 9.53. The summed E-state index contributed by atoms with van der Waals surface area (Å²) in [4.78, 5) is 12.4. The van der Waals surface area contributed by atoms with E-state index in [-0.39, 0.29) is 17.5 Å². The number of hydrogen-bond donors (Lipinski definition) is 1. The first-order chi connectivity index (χ1) is 15.6. The normalized spacial score (nSPS) is 10.7. The highest BCUT2D eigenvalue weighted by Crippen LogP contribution is 2.27. The zero-order valence-corrected chi connectivity index (χ0v) is 18.5. The van der Waals surface area contributed by atoms with Gasteiger partial charge in [0, 0.05) is 17.7 Å². The first kappa shape index (κ1) is 21.6. The maximum atomic E-state index is 13.2. The van der Waals surface area contributed by atoms with Crippen molar-refractivity contribution in [1.82, 2.24) is 25.0 Å². The van der Waals surface area contributed by atoms with E-state index < -0.39 is 0 Å². The van der Waals surface area contributed by atoms with E-state index in [2.05, 4.69) is 31.8 Å². The van der Waals surface area contributed by atoms with Crippen molar-refractivity contribution < 1.29 is 9.18 Å². The molecule has 0 aliphatic heterocycles. The van der Waals surface area contributed by atoms with Gasteiger partial charge in [0.2, 0.25) is 11.0 Å². The Morgan fingerprint density at radius 3 is 2.50 bits per heavy atom. The van der Waals surface area contributed by atoms with E-state index in [9.17, 15) is 9.18 Å². The molecular formula is C21H16FN7OS2. The molecule has 2 heterocycles. The molecule has 1 N–H and O–H groups in total. The molecule has 0 fully saturated rings. The number of nitriles is 1. The van der Waals surface area contributed by atoms with Gasteiger partial charge in [0.15, 0.2) is 11.0 Å². The molecule has 4 rings (SSSR count). The van der Waals surface area contributed by atoms with Crippen LogP contribution < -0.4 is 5.32 Å². The summed E-state index contributed by atoms with van der Waals surface area (Å²) in [5.74, 6) is 0.174. The van der Waals surface area contributed by atoms with Crippen LogP contribution in [0.5, 0.6) is 0 Å². The number of anilines is 1. The lowest BCUT2D eigenvalue weighted by Gasteiger charge is -2.07. The molecule has 11 heteroatoms. The number of hydrogen-bond acceptors (Lipinski definition) is 8. The van der Waals surface area contributed by atoms with E-state index in [1.54, 1.807) is 36.4 Å². The quantitative estimate of drug-likeness (QED) is 0.407. The summed E-state index contributed by atoms with van der Waals surface area (Å²) in [6.45, 7) is 2.56. The predicted octanol–water partition coefficient (Wildman–Crippen LogP) is 4.23. The lowest BCUT2D eigenvalue weighted by molar-refractivity contribution is -0.113. The van der Waals surface area contributed by atoms with Gasteiger partial charge in [-0.05, 0) is 43.3 Å². The molecule has 0 saturated carbocycles. The highest BCUT2D eigenvalue weighted by Gasteiger charge is 2.16. The summed E-state index contributed by atoms with van der Waals surface area (Å²) in [6, 6.07) is 15.1. The molecule has 0 aliphatic rings. The zero-order valence-electron chi connectivity index (χ0n) is 16.8. The largest absolute Gasteiger partial charge is 0.302 e. The standard InChI is InChI=1S/C21H16FN7OS2/c1-2-29-18(14-7-9-16(22)10-8-14)25-28-21(29)31-12-17(30)24-20-27-26-19(32-20)15-5-3-13(11-23)4-6-15/h3-10H,2,12H2,1H3,(H,24,27,30). The number of carbonyl (C=O) groups is 1. The van der Waals surface area contributed by atoms with E-state index >= 15 is 0 Å². The zero-order chi connectivity index (χ0) is 22.5. The van der Waals surface area contributed by atoms with Crippen LogP contribution in [0.3, 0.4) is 0 Å². The molecule has 8 nitrogen and oxygen atoms in total. The average Bonchev–Trinajstić information content (AvgIpc) is 3.45. The average molecular weight is 466 g/mol. The van der Waals surface area contributed by atoms with Crippen LogP contribution in [0.2, 0.25) is 0 Å². The molecule has 0 bridgehead atoms.